The number of urea groups is 1. The third kappa shape index (κ3) is 3.46. The largest absolute Gasteiger partial charge is 0.361 e. The summed E-state index contributed by atoms with van der Waals surface area (Å²) >= 11 is 0. The molecule has 1 aliphatic rings. The molecule has 2 aromatic carbocycles. The number of hydrogen-bond acceptors (Lipinski definition) is 3. The maximum absolute atomic E-state index is 12.3. The zero-order valence-electron chi connectivity index (χ0n) is 15.2. The average Bonchev–Trinajstić information content (AvgIpc) is 3.26. The zero-order valence-corrected chi connectivity index (χ0v) is 15.2. The van der Waals surface area contributed by atoms with E-state index >= 15 is 0 Å². The van der Waals surface area contributed by atoms with Crippen molar-refractivity contribution in [2.45, 2.75) is 12.8 Å². The van der Waals surface area contributed by atoms with Crippen LogP contribution in [0.3, 0.4) is 0 Å². The van der Waals surface area contributed by atoms with E-state index < -0.39 is 0 Å². The lowest BCUT2D eigenvalue weighted by molar-refractivity contribution is 0.0651. The standard InChI is InChI=1S/C21H20N4O3/c26-19-16-5-1-2-6-17(16)20(27)25(19)12-4-3-10-23-21(28)24-15-7-8-18-14(13-15)9-11-22-18/h1-2,5-9,11,13,22H,3-4,10,12H2,(H2,23,24,28). The number of H-pyrrole nitrogens is 1. The van der Waals surface area contributed by atoms with E-state index in [0.29, 0.717) is 37.1 Å². The molecule has 0 unspecified atom stereocenters. The van der Waals surface area contributed by atoms with Crippen molar-refractivity contribution in [2.24, 2.45) is 0 Å². The predicted octanol–water partition coefficient (Wildman–Crippen LogP) is 3.37. The second kappa shape index (κ2) is 7.56. The minimum atomic E-state index is -0.282. The molecule has 4 rings (SSSR count). The molecule has 0 saturated carbocycles. The summed E-state index contributed by atoms with van der Waals surface area (Å²) < 4.78 is 0. The van der Waals surface area contributed by atoms with E-state index in [1.807, 2.05) is 30.5 Å². The Morgan fingerprint density at radius 2 is 1.71 bits per heavy atom. The molecule has 0 saturated heterocycles. The number of benzene rings is 2. The van der Waals surface area contributed by atoms with E-state index in [2.05, 4.69) is 15.6 Å². The predicted molar refractivity (Wildman–Crippen MR) is 106 cm³/mol. The summed E-state index contributed by atoms with van der Waals surface area (Å²) in [5, 5.41) is 6.62. The second-order valence-corrected chi connectivity index (χ2v) is 6.68. The van der Waals surface area contributed by atoms with Crippen molar-refractivity contribution in [1.29, 1.82) is 0 Å². The van der Waals surface area contributed by atoms with Gasteiger partial charge in [0.25, 0.3) is 11.8 Å². The summed E-state index contributed by atoms with van der Waals surface area (Å²) in [7, 11) is 0. The lowest BCUT2D eigenvalue weighted by Crippen LogP contribution is -2.32. The molecule has 7 nitrogen and oxygen atoms in total. The SMILES string of the molecule is O=C(NCCCCN1C(=O)c2ccccc2C1=O)Nc1ccc2[nH]ccc2c1. The Morgan fingerprint density at radius 3 is 2.46 bits per heavy atom. The molecule has 4 amide bonds. The quantitative estimate of drug-likeness (QED) is 0.455. The lowest BCUT2D eigenvalue weighted by atomic mass is 10.1. The van der Waals surface area contributed by atoms with Crippen molar-refractivity contribution >= 4 is 34.4 Å². The van der Waals surface area contributed by atoms with Gasteiger partial charge in [-0.3, -0.25) is 14.5 Å². The Kier molecular flexibility index (Phi) is 4.80. The van der Waals surface area contributed by atoms with Crippen LogP contribution in [0.5, 0.6) is 0 Å². The Labute approximate surface area is 161 Å². The van der Waals surface area contributed by atoms with Crippen molar-refractivity contribution in [3.8, 4) is 0 Å². The molecule has 7 heteroatoms. The highest BCUT2D eigenvalue weighted by atomic mass is 16.2. The number of nitrogens with one attached hydrogen (secondary N) is 3. The first-order chi connectivity index (χ1) is 13.6. The van der Waals surface area contributed by atoms with E-state index in [4.69, 9.17) is 0 Å². The number of unbranched alkanes of at least 4 members (excludes halogenated alkanes) is 1. The van der Waals surface area contributed by atoms with Gasteiger partial charge in [0.2, 0.25) is 0 Å². The lowest BCUT2D eigenvalue weighted by Gasteiger charge is -2.13. The molecule has 28 heavy (non-hydrogen) atoms. The van der Waals surface area contributed by atoms with Crippen molar-refractivity contribution in [3.05, 3.63) is 65.9 Å². The average molecular weight is 376 g/mol. The van der Waals surface area contributed by atoms with Crippen LogP contribution in [0.15, 0.2) is 54.7 Å². The van der Waals surface area contributed by atoms with Crippen molar-refractivity contribution in [1.82, 2.24) is 15.2 Å². The topological polar surface area (TPSA) is 94.3 Å². The van der Waals surface area contributed by atoms with E-state index in [-0.39, 0.29) is 17.8 Å². The molecule has 1 aromatic heterocycles. The number of imide groups is 1. The van der Waals surface area contributed by atoms with Gasteiger partial charge in [0.05, 0.1) is 11.1 Å². The molecule has 3 aromatic rings. The highest BCUT2D eigenvalue weighted by Crippen LogP contribution is 2.22. The second-order valence-electron chi connectivity index (χ2n) is 6.68. The summed E-state index contributed by atoms with van der Waals surface area (Å²) in [5.41, 5.74) is 2.66. The number of amides is 4. The van der Waals surface area contributed by atoms with Crippen LogP contribution in [0.4, 0.5) is 10.5 Å². The first-order valence-corrected chi connectivity index (χ1v) is 9.21. The normalized spacial score (nSPS) is 13.1. The Bertz CT molecular complexity index is 1020. The molecule has 0 radical (unpaired) electrons. The first-order valence-electron chi connectivity index (χ1n) is 9.21. The molecular weight excluding hydrogens is 356 g/mol. The molecule has 0 atom stereocenters. The molecule has 0 spiro atoms. The number of hydrogen-bond donors (Lipinski definition) is 3. The van der Waals surface area contributed by atoms with Crippen LogP contribution in [-0.4, -0.2) is 40.8 Å². The highest BCUT2D eigenvalue weighted by Gasteiger charge is 2.34. The molecule has 0 bridgehead atoms. The number of carbonyl (C=O) groups excluding carboxylic acids is 3. The highest BCUT2D eigenvalue weighted by molar-refractivity contribution is 6.21. The third-order valence-corrected chi connectivity index (χ3v) is 4.78. The van der Waals surface area contributed by atoms with Gasteiger partial charge in [-0.1, -0.05) is 12.1 Å². The third-order valence-electron chi connectivity index (χ3n) is 4.78. The van der Waals surface area contributed by atoms with Gasteiger partial charge >= 0.3 is 6.03 Å². The number of aromatic amines is 1. The van der Waals surface area contributed by atoms with Crippen molar-refractivity contribution in [3.63, 3.8) is 0 Å². The van der Waals surface area contributed by atoms with E-state index in [1.54, 1.807) is 24.3 Å². The summed E-state index contributed by atoms with van der Waals surface area (Å²) in [6, 6.07) is 14.2. The summed E-state index contributed by atoms with van der Waals surface area (Å²) in [4.78, 5) is 40.9. The molecule has 0 aliphatic carbocycles. The van der Waals surface area contributed by atoms with Gasteiger partial charge in [-0.2, -0.15) is 0 Å². The maximum Gasteiger partial charge on any atom is 0.319 e. The van der Waals surface area contributed by atoms with Gasteiger partial charge in [-0.05, 0) is 49.2 Å². The van der Waals surface area contributed by atoms with Crippen LogP contribution >= 0.6 is 0 Å². The number of aromatic nitrogens is 1. The number of anilines is 1. The van der Waals surface area contributed by atoms with Crippen LogP contribution in [-0.2, 0) is 0 Å². The minimum Gasteiger partial charge on any atom is -0.361 e. The van der Waals surface area contributed by atoms with E-state index in [1.165, 1.54) is 4.90 Å². The maximum atomic E-state index is 12.3. The number of carbonyl (C=O) groups is 3. The smallest absolute Gasteiger partial charge is 0.319 e. The van der Waals surface area contributed by atoms with Crippen LogP contribution in [0.1, 0.15) is 33.6 Å². The Hall–Kier alpha value is -3.61. The van der Waals surface area contributed by atoms with Gasteiger partial charge in [0, 0.05) is 35.9 Å². The van der Waals surface area contributed by atoms with Gasteiger partial charge in [0.15, 0.2) is 0 Å². The van der Waals surface area contributed by atoms with Gasteiger partial charge in [-0.15, -0.1) is 0 Å². The molecule has 3 N–H and O–H groups in total. The fraction of sp³-hybridized carbons (Fsp3) is 0.190. The van der Waals surface area contributed by atoms with Crippen LogP contribution in [0.25, 0.3) is 10.9 Å². The number of fused-ring (bicyclic) bond motifs is 2. The van der Waals surface area contributed by atoms with Gasteiger partial charge in [-0.25, -0.2) is 4.79 Å². The summed E-state index contributed by atoms with van der Waals surface area (Å²) in [5.74, 6) is -0.488. The molecule has 0 fully saturated rings. The van der Waals surface area contributed by atoms with Crippen molar-refractivity contribution < 1.29 is 14.4 Å². The fourth-order valence-corrected chi connectivity index (χ4v) is 3.35. The van der Waals surface area contributed by atoms with E-state index in [0.717, 1.165) is 16.6 Å². The van der Waals surface area contributed by atoms with Gasteiger partial charge < -0.3 is 15.6 Å². The summed E-state index contributed by atoms with van der Waals surface area (Å²) in [6.07, 6.45) is 3.14. The van der Waals surface area contributed by atoms with E-state index in [9.17, 15) is 14.4 Å². The van der Waals surface area contributed by atoms with Crippen molar-refractivity contribution in [2.75, 3.05) is 18.4 Å². The van der Waals surface area contributed by atoms with Crippen LogP contribution < -0.4 is 10.6 Å². The minimum absolute atomic E-state index is 0.244. The first kappa shape index (κ1) is 17.8. The Morgan fingerprint density at radius 1 is 0.964 bits per heavy atom. The molecule has 1 aliphatic heterocycles. The zero-order chi connectivity index (χ0) is 19.5. The Balaban J connectivity index is 1.20. The number of rotatable bonds is 6. The van der Waals surface area contributed by atoms with Crippen LogP contribution in [0.2, 0.25) is 0 Å². The number of nitrogens with zero attached hydrogens (tertiary/aromatic N) is 1. The van der Waals surface area contributed by atoms with Crippen LogP contribution in [0, 0.1) is 0 Å². The van der Waals surface area contributed by atoms with Gasteiger partial charge in [0.1, 0.15) is 0 Å². The molecule has 142 valence electrons. The summed E-state index contributed by atoms with van der Waals surface area (Å²) in [6.45, 7) is 0.807. The molecule has 2 heterocycles. The molecular formula is C21H20N4O3. The fourth-order valence-electron chi connectivity index (χ4n) is 3.35. The monoisotopic (exact) mass is 376 g/mol.